The molecule has 0 spiro atoms. The van der Waals surface area contributed by atoms with E-state index in [0.717, 1.165) is 29.8 Å². The van der Waals surface area contributed by atoms with Gasteiger partial charge in [-0.15, -0.1) is 6.42 Å². The van der Waals surface area contributed by atoms with Crippen LogP contribution in [0.5, 0.6) is 5.75 Å². The fourth-order valence-corrected chi connectivity index (χ4v) is 2.13. The minimum absolute atomic E-state index is 0.542. The molecule has 0 heterocycles. The predicted molar refractivity (Wildman–Crippen MR) is 95.4 cm³/mol. The van der Waals surface area contributed by atoms with Crippen molar-refractivity contribution in [1.82, 2.24) is 0 Å². The van der Waals surface area contributed by atoms with Gasteiger partial charge in [0.15, 0.2) is 5.60 Å². The van der Waals surface area contributed by atoms with E-state index in [0.29, 0.717) is 5.75 Å². The predicted octanol–water partition coefficient (Wildman–Crippen LogP) is 3.56. The summed E-state index contributed by atoms with van der Waals surface area (Å²) in [7, 11) is 0. The van der Waals surface area contributed by atoms with Crippen LogP contribution in [-0.4, -0.2) is 23.2 Å². The lowest BCUT2D eigenvalue weighted by Gasteiger charge is -2.21. The number of hydrogen-bond donors (Lipinski definition) is 2. The van der Waals surface area contributed by atoms with E-state index in [1.54, 1.807) is 12.1 Å². The van der Waals surface area contributed by atoms with Gasteiger partial charge in [-0.25, -0.2) is 4.79 Å². The van der Waals surface area contributed by atoms with Crippen molar-refractivity contribution in [2.45, 2.75) is 25.9 Å². The molecule has 0 radical (unpaired) electrons. The summed E-state index contributed by atoms with van der Waals surface area (Å²) in [6, 6.07) is 15.2. The lowest BCUT2D eigenvalue weighted by Crippen LogP contribution is -2.37. The normalized spacial score (nSPS) is 10.7. The Morgan fingerprint density at radius 2 is 1.96 bits per heavy atom. The average molecular weight is 323 g/mol. The number of ether oxygens (including phenoxy) is 1. The van der Waals surface area contributed by atoms with Crippen molar-refractivity contribution in [2.75, 3.05) is 11.9 Å². The number of hydrogen-bond acceptors (Lipinski definition) is 3. The highest BCUT2D eigenvalue weighted by atomic mass is 16.5. The molecule has 0 unspecified atom stereocenters. The summed E-state index contributed by atoms with van der Waals surface area (Å²) in [4.78, 5) is 11.1. The average Bonchev–Trinajstić information content (AvgIpc) is 2.56. The summed E-state index contributed by atoms with van der Waals surface area (Å²) in [5.41, 5.74) is 1.73. The first kappa shape index (κ1) is 17.4. The van der Waals surface area contributed by atoms with E-state index in [9.17, 15) is 4.79 Å². The summed E-state index contributed by atoms with van der Waals surface area (Å²) < 4.78 is 5.48. The largest absolute Gasteiger partial charge is 0.478 e. The lowest BCUT2D eigenvalue weighted by molar-refractivity contribution is -0.152. The molecule has 0 bridgehead atoms. The van der Waals surface area contributed by atoms with Crippen molar-refractivity contribution in [1.29, 1.82) is 0 Å². The maximum absolute atomic E-state index is 11.1. The van der Waals surface area contributed by atoms with Gasteiger partial charge in [-0.2, -0.15) is 0 Å². The van der Waals surface area contributed by atoms with E-state index in [1.165, 1.54) is 13.8 Å². The minimum atomic E-state index is -1.24. The maximum Gasteiger partial charge on any atom is 0.347 e. The first-order valence-corrected chi connectivity index (χ1v) is 7.72. The summed E-state index contributed by atoms with van der Waals surface area (Å²) in [6.07, 6.45) is 6.22. The Balaban J connectivity index is 1.88. The van der Waals surface area contributed by atoms with Crippen molar-refractivity contribution >= 4 is 11.7 Å². The number of carbonyl (C=O) groups is 1. The van der Waals surface area contributed by atoms with Gasteiger partial charge in [-0.3, -0.25) is 0 Å². The maximum atomic E-state index is 11.1. The zero-order valence-corrected chi connectivity index (χ0v) is 13.9. The van der Waals surface area contributed by atoms with E-state index < -0.39 is 11.6 Å². The van der Waals surface area contributed by atoms with Gasteiger partial charge in [-0.05, 0) is 56.2 Å². The fraction of sp³-hybridized carbons (Fsp3) is 0.250. The molecule has 0 aromatic heterocycles. The van der Waals surface area contributed by atoms with Crippen molar-refractivity contribution in [3.63, 3.8) is 0 Å². The highest BCUT2D eigenvalue weighted by molar-refractivity contribution is 5.76. The molecule has 0 saturated carbocycles. The van der Waals surface area contributed by atoms with Crippen molar-refractivity contribution in [2.24, 2.45) is 0 Å². The highest BCUT2D eigenvalue weighted by Gasteiger charge is 2.29. The van der Waals surface area contributed by atoms with Crippen LogP contribution in [0.1, 0.15) is 25.0 Å². The van der Waals surface area contributed by atoms with E-state index >= 15 is 0 Å². The Morgan fingerprint density at radius 1 is 1.25 bits per heavy atom. The van der Waals surface area contributed by atoms with Crippen LogP contribution >= 0.6 is 0 Å². The Labute approximate surface area is 142 Å². The van der Waals surface area contributed by atoms with Crippen LogP contribution in [0.25, 0.3) is 0 Å². The van der Waals surface area contributed by atoms with Gasteiger partial charge in [0.1, 0.15) is 5.75 Å². The molecule has 0 aliphatic rings. The molecule has 2 aromatic carbocycles. The fourth-order valence-electron chi connectivity index (χ4n) is 2.13. The second-order valence-corrected chi connectivity index (χ2v) is 5.96. The van der Waals surface area contributed by atoms with E-state index in [2.05, 4.69) is 11.2 Å². The number of rotatable bonds is 7. The van der Waals surface area contributed by atoms with Crippen LogP contribution < -0.4 is 10.1 Å². The quantitative estimate of drug-likeness (QED) is 0.765. The Bertz CT molecular complexity index is 742. The van der Waals surface area contributed by atoms with Crippen LogP contribution in [0, 0.1) is 12.3 Å². The van der Waals surface area contributed by atoms with Crippen LogP contribution in [0.2, 0.25) is 0 Å². The molecule has 0 saturated heterocycles. The second kappa shape index (κ2) is 7.56. The van der Waals surface area contributed by atoms with Crippen LogP contribution in [-0.2, 0) is 11.2 Å². The minimum Gasteiger partial charge on any atom is -0.478 e. The Morgan fingerprint density at radius 3 is 2.58 bits per heavy atom. The van der Waals surface area contributed by atoms with Gasteiger partial charge in [-0.1, -0.05) is 24.1 Å². The van der Waals surface area contributed by atoms with E-state index in [-0.39, 0.29) is 0 Å². The second-order valence-electron chi connectivity index (χ2n) is 5.96. The Hall–Kier alpha value is -2.93. The summed E-state index contributed by atoms with van der Waals surface area (Å²) in [5, 5.41) is 12.4. The molecule has 2 rings (SSSR count). The molecular formula is C20H21NO3. The number of nitrogens with one attached hydrogen (secondary N) is 1. The molecule has 4 heteroatoms. The van der Waals surface area contributed by atoms with Gasteiger partial charge in [0.05, 0.1) is 0 Å². The van der Waals surface area contributed by atoms with E-state index in [1.807, 2.05) is 36.4 Å². The number of carboxylic acids is 1. The summed E-state index contributed by atoms with van der Waals surface area (Å²) in [5.74, 6) is 2.16. The molecule has 0 aliphatic heterocycles. The zero-order valence-electron chi connectivity index (χ0n) is 13.9. The topological polar surface area (TPSA) is 58.6 Å². The number of benzene rings is 2. The van der Waals surface area contributed by atoms with Gasteiger partial charge in [0, 0.05) is 17.8 Å². The number of aliphatic carboxylic acids is 1. The van der Waals surface area contributed by atoms with Gasteiger partial charge < -0.3 is 15.2 Å². The number of terminal acetylenes is 1. The first-order valence-electron chi connectivity index (χ1n) is 7.72. The lowest BCUT2D eigenvalue weighted by atomic mass is 10.1. The highest BCUT2D eigenvalue weighted by Crippen LogP contribution is 2.19. The monoisotopic (exact) mass is 323 g/mol. The third kappa shape index (κ3) is 4.79. The molecular weight excluding hydrogens is 302 g/mol. The third-order valence-corrected chi connectivity index (χ3v) is 3.58. The van der Waals surface area contributed by atoms with Crippen molar-refractivity contribution in [3.05, 3.63) is 59.7 Å². The smallest absolute Gasteiger partial charge is 0.347 e. The van der Waals surface area contributed by atoms with Crippen molar-refractivity contribution in [3.8, 4) is 18.1 Å². The molecule has 2 aromatic rings. The van der Waals surface area contributed by atoms with E-state index in [4.69, 9.17) is 16.3 Å². The molecule has 4 nitrogen and oxygen atoms in total. The SMILES string of the molecule is C#Cc1cccc(NCCc2ccc(OC(C)(C)C(=O)O)cc2)c1. The standard InChI is InChI=1S/C20H21NO3/c1-4-15-6-5-7-17(14-15)21-13-12-16-8-10-18(11-9-16)24-20(2,3)19(22)23/h1,5-11,14,21H,12-13H2,2-3H3,(H,22,23). The first-order chi connectivity index (χ1) is 11.4. The van der Waals surface area contributed by atoms with Gasteiger partial charge in [0.2, 0.25) is 0 Å². The van der Waals surface area contributed by atoms with Gasteiger partial charge >= 0.3 is 5.97 Å². The molecule has 24 heavy (non-hydrogen) atoms. The molecule has 0 fully saturated rings. The summed E-state index contributed by atoms with van der Waals surface area (Å²) in [6.45, 7) is 3.82. The summed E-state index contributed by atoms with van der Waals surface area (Å²) >= 11 is 0. The molecule has 0 aliphatic carbocycles. The van der Waals surface area contributed by atoms with Crippen LogP contribution in [0.15, 0.2) is 48.5 Å². The van der Waals surface area contributed by atoms with Crippen molar-refractivity contribution < 1.29 is 14.6 Å². The zero-order chi connectivity index (χ0) is 17.6. The molecule has 0 atom stereocenters. The Kier molecular flexibility index (Phi) is 5.49. The third-order valence-electron chi connectivity index (χ3n) is 3.58. The number of anilines is 1. The number of carboxylic acid groups (broad SMARTS) is 1. The van der Waals surface area contributed by atoms with Crippen LogP contribution in [0.4, 0.5) is 5.69 Å². The van der Waals surface area contributed by atoms with Crippen LogP contribution in [0.3, 0.4) is 0 Å². The molecule has 124 valence electrons. The molecule has 0 amide bonds. The molecule has 2 N–H and O–H groups in total. The van der Waals surface area contributed by atoms with Gasteiger partial charge in [0.25, 0.3) is 0 Å².